The van der Waals surface area contributed by atoms with Crippen molar-refractivity contribution >= 4 is 11.6 Å². The fourth-order valence-electron chi connectivity index (χ4n) is 2.58. The van der Waals surface area contributed by atoms with E-state index in [1.165, 1.54) is 5.69 Å². The molecule has 0 aliphatic carbocycles. The van der Waals surface area contributed by atoms with E-state index in [0.29, 0.717) is 6.42 Å². The lowest BCUT2D eigenvalue weighted by Gasteiger charge is -2.36. The molecule has 5 nitrogen and oxygen atoms in total. The summed E-state index contributed by atoms with van der Waals surface area (Å²) in [5.74, 6) is 1.15. The summed E-state index contributed by atoms with van der Waals surface area (Å²) in [6.45, 7) is 4.31. The SMILES string of the molecule is CNCCCC(=O)N1CCN(c2ccc(OC)cc2)CC1. The van der Waals surface area contributed by atoms with E-state index in [0.717, 1.165) is 44.9 Å². The molecule has 116 valence electrons. The third kappa shape index (κ3) is 4.36. The van der Waals surface area contributed by atoms with Gasteiger partial charge in [0.2, 0.25) is 5.91 Å². The van der Waals surface area contributed by atoms with Gasteiger partial charge < -0.3 is 19.9 Å². The van der Waals surface area contributed by atoms with Gasteiger partial charge in [-0.2, -0.15) is 0 Å². The van der Waals surface area contributed by atoms with Crippen molar-refractivity contribution in [2.75, 3.05) is 51.8 Å². The molecule has 1 aromatic carbocycles. The number of amides is 1. The number of ether oxygens (including phenoxy) is 1. The Morgan fingerprint density at radius 2 is 1.86 bits per heavy atom. The predicted octanol–water partition coefficient (Wildman–Crippen LogP) is 1.34. The standard InChI is InChI=1S/C16H25N3O2/c1-17-9-3-4-16(20)19-12-10-18(11-13-19)14-5-7-15(21-2)8-6-14/h5-8,17H,3-4,9-13H2,1-2H3. The van der Waals surface area contributed by atoms with Crippen molar-refractivity contribution < 1.29 is 9.53 Å². The van der Waals surface area contributed by atoms with Crippen LogP contribution in [0.15, 0.2) is 24.3 Å². The first-order valence-corrected chi connectivity index (χ1v) is 7.56. The second-order valence-corrected chi connectivity index (χ2v) is 5.27. The fourth-order valence-corrected chi connectivity index (χ4v) is 2.58. The number of rotatable bonds is 6. The van der Waals surface area contributed by atoms with Crippen LogP contribution >= 0.6 is 0 Å². The Kier molecular flexibility index (Phi) is 5.87. The highest BCUT2D eigenvalue weighted by Crippen LogP contribution is 2.20. The second-order valence-electron chi connectivity index (χ2n) is 5.27. The van der Waals surface area contributed by atoms with Crippen LogP contribution in [0, 0.1) is 0 Å². The van der Waals surface area contributed by atoms with E-state index in [4.69, 9.17) is 4.74 Å². The summed E-state index contributed by atoms with van der Waals surface area (Å²) >= 11 is 0. The first-order chi connectivity index (χ1) is 10.2. The summed E-state index contributed by atoms with van der Waals surface area (Å²) < 4.78 is 5.18. The minimum atomic E-state index is 0.277. The van der Waals surface area contributed by atoms with Gasteiger partial charge in [0.25, 0.3) is 0 Å². The minimum Gasteiger partial charge on any atom is -0.497 e. The number of nitrogens with one attached hydrogen (secondary N) is 1. The Labute approximate surface area is 126 Å². The molecule has 0 aromatic heterocycles. The Bertz CT molecular complexity index is 439. The zero-order chi connectivity index (χ0) is 15.1. The van der Waals surface area contributed by atoms with Gasteiger partial charge in [-0.1, -0.05) is 0 Å². The molecular formula is C16H25N3O2. The van der Waals surface area contributed by atoms with E-state index in [2.05, 4.69) is 22.3 Å². The number of benzene rings is 1. The molecule has 0 saturated carbocycles. The minimum absolute atomic E-state index is 0.277. The fraction of sp³-hybridized carbons (Fsp3) is 0.562. The van der Waals surface area contributed by atoms with Gasteiger partial charge in [0, 0.05) is 38.3 Å². The van der Waals surface area contributed by atoms with Crippen LogP contribution < -0.4 is 15.0 Å². The van der Waals surface area contributed by atoms with E-state index >= 15 is 0 Å². The van der Waals surface area contributed by atoms with E-state index in [1.54, 1.807) is 7.11 Å². The number of carbonyl (C=O) groups excluding carboxylic acids is 1. The van der Waals surface area contributed by atoms with Gasteiger partial charge in [0.1, 0.15) is 5.75 Å². The van der Waals surface area contributed by atoms with Crippen LogP contribution in [-0.2, 0) is 4.79 Å². The van der Waals surface area contributed by atoms with Gasteiger partial charge >= 0.3 is 0 Å². The maximum atomic E-state index is 12.1. The topological polar surface area (TPSA) is 44.8 Å². The molecule has 0 bridgehead atoms. The molecule has 21 heavy (non-hydrogen) atoms. The monoisotopic (exact) mass is 291 g/mol. The summed E-state index contributed by atoms with van der Waals surface area (Å²) in [7, 11) is 3.59. The zero-order valence-corrected chi connectivity index (χ0v) is 13.0. The quantitative estimate of drug-likeness (QED) is 0.804. The maximum absolute atomic E-state index is 12.1. The number of methoxy groups -OCH3 is 1. The molecule has 0 atom stereocenters. The number of hydrogen-bond acceptors (Lipinski definition) is 4. The molecule has 1 amide bonds. The lowest BCUT2D eigenvalue weighted by Crippen LogP contribution is -2.48. The lowest BCUT2D eigenvalue weighted by molar-refractivity contribution is -0.131. The van der Waals surface area contributed by atoms with Crippen LogP contribution in [-0.4, -0.2) is 57.7 Å². The summed E-state index contributed by atoms with van der Waals surface area (Å²) in [5, 5.41) is 3.07. The molecule has 1 aromatic rings. The van der Waals surface area contributed by atoms with Gasteiger partial charge in [-0.05, 0) is 44.3 Å². The van der Waals surface area contributed by atoms with Gasteiger partial charge in [0.15, 0.2) is 0 Å². The molecule has 1 N–H and O–H groups in total. The van der Waals surface area contributed by atoms with Crippen LogP contribution in [0.1, 0.15) is 12.8 Å². The summed E-state index contributed by atoms with van der Waals surface area (Å²) in [4.78, 5) is 16.4. The van der Waals surface area contributed by atoms with Crippen LogP contribution in [0.4, 0.5) is 5.69 Å². The van der Waals surface area contributed by atoms with Crippen LogP contribution in [0.5, 0.6) is 5.75 Å². The van der Waals surface area contributed by atoms with Crippen molar-refractivity contribution in [2.45, 2.75) is 12.8 Å². The van der Waals surface area contributed by atoms with Crippen molar-refractivity contribution in [3.05, 3.63) is 24.3 Å². The first-order valence-electron chi connectivity index (χ1n) is 7.56. The molecule has 0 spiro atoms. The van der Waals surface area contributed by atoms with Crippen LogP contribution in [0.2, 0.25) is 0 Å². The highest BCUT2D eigenvalue weighted by Gasteiger charge is 2.20. The Morgan fingerprint density at radius 3 is 2.43 bits per heavy atom. The van der Waals surface area contributed by atoms with Crippen molar-refractivity contribution in [3.63, 3.8) is 0 Å². The summed E-state index contributed by atoms with van der Waals surface area (Å²) in [6, 6.07) is 8.10. The molecular weight excluding hydrogens is 266 g/mol. The lowest BCUT2D eigenvalue weighted by atomic mass is 10.2. The molecule has 0 radical (unpaired) electrons. The molecule has 1 aliphatic heterocycles. The van der Waals surface area contributed by atoms with E-state index in [1.807, 2.05) is 24.1 Å². The number of hydrogen-bond donors (Lipinski definition) is 1. The van der Waals surface area contributed by atoms with Crippen LogP contribution in [0.25, 0.3) is 0 Å². The van der Waals surface area contributed by atoms with Gasteiger partial charge in [-0.25, -0.2) is 0 Å². The molecule has 1 fully saturated rings. The second kappa shape index (κ2) is 7.88. The normalized spacial score (nSPS) is 15.1. The molecule has 1 saturated heterocycles. The zero-order valence-electron chi connectivity index (χ0n) is 13.0. The van der Waals surface area contributed by atoms with Crippen molar-refractivity contribution in [1.82, 2.24) is 10.2 Å². The maximum Gasteiger partial charge on any atom is 0.222 e. The average molecular weight is 291 g/mol. The first kappa shape index (κ1) is 15.6. The third-order valence-electron chi connectivity index (χ3n) is 3.89. The molecule has 0 unspecified atom stereocenters. The van der Waals surface area contributed by atoms with E-state index in [9.17, 15) is 4.79 Å². The molecule has 5 heteroatoms. The van der Waals surface area contributed by atoms with Crippen molar-refractivity contribution in [3.8, 4) is 5.75 Å². The van der Waals surface area contributed by atoms with Crippen LogP contribution in [0.3, 0.4) is 0 Å². The number of carbonyl (C=O) groups is 1. The van der Waals surface area contributed by atoms with Gasteiger partial charge in [-0.3, -0.25) is 4.79 Å². The largest absolute Gasteiger partial charge is 0.497 e. The molecule has 2 rings (SSSR count). The summed E-state index contributed by atoms with van der Waals surface area (Å²) in [6.07, 6.45) is 1.55. The van der Waals surface area contributed by atoms with Gasteiger partial charge in [-0.15, -0.1) is 0 Å². The number of piperazine rings is 1. The van der Waals surface area contributed by atoms with Gasteiger partial charge in [0.05, 0.1) is 7.11 Å². The Hall–Kier alpha value is -1.75. The predicted molar refractivity (Wildman–Crippen MR) is 84.9 cm³/mol. The number of nitrogens with zero attached hydrogens (tertiary/aromatic N) is 2. The molecule has 1 heterocycles. The van der Waals surface area contributed by atoms with E-state index < -0.39 is 0 Å². The average Bonchev–Trinajstić information content (AvgIpc) is 2.55. The van der Waals surface area contributed by atoms with Crippen molar-refractivity contribution in [2.24, 2.45) is 0 Å². The highest BCUT2D eigenvalue weighted by molar-refractivity contribution is 5.76. The third-order valence-corrected chi connectivity index (χ3v) is 3.89. The Morgan fingerprint density at radius 1 is 1.19 bits per heavy atom. The van der Waals surface area contributed by atoms with Crippen molar-refractivity contribution in [1.29, 1.82) is 0 Å². The molecule has 1 aliphatic rings. The summed E-state index contributed by atoms with van der Waals surface area (Å²) in [5.41, 5.74) is 1.19. The number of anilines is 1. The highest BCUT2D eigenvalue weighted by atomic mass is 16.5. The smallest absolute Gasteiger partial charge is 0.222 e. The van der Waals surface area contributed by atoms with E-state index in [-0.39, 0.29) is 5.91 Å². The Balaban J connectivity index is 1.80.